The number of carbonyl (C=O) groups excluding carboxylic acids is 3. The summed E-state index contributed by atoms with van der Waals surface area (Å²) < 4.78 is 16.6. The molecule has 0 saturated carbocycles. The Morgan fingerprint density at radius 1 is 1.19 bits per heavy atom. The Balaban J connectivity index is 1.80. The number of benzene rings is 1. The molecule has 0 radical (unpaired) electrons. The van der Waals surface area contributed by atoms with Crippen LogP contribution in [-0.4, -0.2) is 53.7 Å². The van der Waals surface area contributed by atoms with Gasteiger partial charge in [0.1, 0.15) is 23.0 Å². The number of carbonyl (C=O) groups is 3. The fourth-order valence-electron chi connectivity index (χ4n) is 4.72. The Kier molecular flexibility index (Phi) is 9.03. The van der Waals surface area contributed by atoms with Crippen LogP contribution in [0, 0.1) is 5.92 Å². The Bertz CT molecular complexity index is 1070. The molecule has 1 aliphatic rings. The number of nitrogens with zero attached hydrogens (tertiary/aromatic N) is 1. The van der Waals surface area contributed by atoms with Gasteiger partial charge in [0.25, 0.3) is 0 Å². The highest BCUT2D eigenvalue weighted by molar-refractivity contribution is 5.87. The lowest BCUT2D eigenvalue weighted by Crippen LogP contribution is -2.53. The molecule has 2 atom stereocenters. The van der Waals surface area contributed by atoms with Gasteiger partial charge in [-0.1, -0.05) is 32.0 Å². The molecule has 1 aliphatic heterocycles. The number of alkyl carbamates (subject to hydrolysis) is 1. The van der Waals surface area contributed by atoms with Crippen molar-refractivity contribution in [2.45, 2.75) is 91.3 Å². The summed E-state index contributed by atoms with van der Waals surface area (Å²) in [6.07, 6.45) is 2.47. The Labute approximate surface area is 213 Å². The summed E-state index contributed by atoms with van der Waals surface area (Å²) >= 11 is 0. The second-order valence-electron chi connectivity index (χ2n) is 10.7. The van der Waals surface area contributed by atoms with Crippen LogP contribution in [0.3, 0.4) is 0 Å². The van der Waals surface area contributed by atoms with Crippen LogP contribution in [0.2, 0.25) is 0 Å². The third-order valence-electron chi connectivity index (χ3n) is 6.35. The molecule has 2 aromatic rings. The van der Waals surface area contributed by atoms with E-state index >= 15 is 0 Å². The van der Waals surface area contributed by atoms with Crippen LogP contribution in [0.1, 0.15) is 72.1 Å². The van der Waals surface area contributed by atoms with Crippen molar-refractivity contribution in [3.05, 3.63) is 35.6 Å². The van der Waals surface area contributed by atoms with Gasteiger partial charge in [0.05, 0.1) is 13.0 Å². The summed E-state index contributed by atoms with van der Waals surface area (Å²) in [5.41, 5.74) is 1.15. The molecule has 1 aromatic carbocycles. The SMILES string of the molecule is CCOC(=O)CCc1oc2ccccc2c1C[C@@H]1CCCN1C(=O)[C@@H](NC(=O)OC(C)(C)C)C(C)C. The molecule has 2 heterocycles. The number of para-hydroxylation sites is 1. The molecule has 8 heteroatoms. The van der Waals surface area contributed by atoms with E-state index in [1.807, 2.05) is 43.0 Å². The lowest BCUT2D eigenvalue weighted by molar-refractivity contribution is -0.143. The molecular weight excluding hydrogens is 460 g/mol. The molecule has 0 aliphatic carbocycles. The highest BCUT2D eigenvalue weighted by Gasteiger charge is 2.37. The average molecular weight is 501 g/mol. The summed E-state index contributed by atoms with van der Waals surface area (Å²) in [6.45, 7) is 12.0. The number of amides is 2. The molecule has 36 heavy (non-hydrogen) atoms. The van der Waals surface area contributed by atoms with Crippen molar-refractivity contribution in [1.82, 2.24) is 10.2 Å². The molecule has 0 bridgehead atoms. The van der Waals surface area contributed by atoms with Crippen molar-refractivity contribution in [1.29, 1.82) is 0 Å². The largest absolute Gasteiger partial charge is 0.466 e. The number of likely N-dealkylation sites (tertiary alicyclic amines) is 1. The first-order chi connectivity index (χ1) is 17.0. The van der Waals surface area contributed by atoms with Crippen LogP contribution in [0.4, 0.5) is 4.79 Å². The number of furan rings is 1. The van der Waals surface area contributed by atoms with Gasteiger partial charge in [0.2, 0.25) is 5.91 Å². The monoisotopic (exact) mass is 500 g/mol. The fourth-order valence-corrected chi connectivity index (χ4v) is 4.72. The van der Waals surface area contributed by atoms with Gasteiger partial charge in [-0.2, -0.15) is 0 Å². The number of nitrogens with one attached hydrogen (secondary N) is 1. The van der Waals surface area contributed by atoms with Crippen molar-refractivity contribution in [3.63, 3.8) is 0 Å². The molecule has 1 fully saturated rings. The minimum atomic E-state index is -0.676. The molecular formula is C28H40N2O6. The minimum Gasteiger partial charge on any atom is -0.466 e. The first kappa shape index (κ1) is 27.6. The van der Waals surface area contributed by atoms with Gasteiger partial charge in [-0.15, -0.1) is 0 Å². The van der Waals surface area contributed by atoms with Crippen LogP contribution >= 0.6 is 0 Å². The Hall–Kier alpha value is -3.03. The summed E-state index contributed by atoms with van der Waals surface area (Å²) in [6, 6.07) is 7.12. The zero-order valence-corrected chi connectivity index (χ0v) is 22.4. The van der Waals surface area contributed by atoms with Gasteiger partial charge in [0, 0.05) is 30.0 Å². The third-order valence-corrected chi connectivity index (χ3v) is 6.35. The summed E-state index contributed by atoms with van der Waals surface area (Å²) in [4.78, 5) is 39.9. The number of aryl methyl sites for hydroxylation is 1. The van der Waals surface area contributed by atoms with Crippen LogP contribution in [0.5, 0.6) is 0 Å². The van der Waals surface area contributed by atoms with Gasteiger partial charge in [0.15, 0.2) is 0 Å². The van der Waals surface area contributed by atoms with E-state index in [4.69, 9.17) is 13.9 Å². The second-order valence-corrected chi connectivity index (χ2v) is 10.7. The maximum Gasteiger partial charge on any atom is 0.408 e. The van der Waals surface area contributed by atoms with E-state index in [2.05, 4.69) is 5.32 Å². The summed E-state index contributed by atoms with van der Waals surface area (Å²) in [5.74, 6) is 0.311. The molecule has 0 unspecified atom stereocenters. The molecule has 1 saturated heterocycles. The number of hydrogen-bond acceptors (Lipinski definition) is 6. The van der Waals surface area contributed by atoms with Crippen molar-refractivity contribution in [2.24, 2.45) is 5.92 Å². The molecule has 1 aromatic heterocycles. The first-order valence-electron chi connectivity index (χ1n) is 12.9. The van der Waals surface area contributed by atoms with Gasteiger partial charge >= 0.3 is 12.1 Å². The second kappa shape index (κ2) is 11.8. The third kappa shape index (κ3) is 7.02. The number of hydrogen-bond donors (Lipinski definition) is 1. The van der Waals surface area contributed by atoms with E-state index in [0.29, 0.717) is 26.0 Å². The maximum atomic E-state index is 13.6. The van der Waals surface area contributed by atoms with Gasteiger partial charge < -0.3 is 24.1 Å². The Morgan fingerprint density at radius 3 is 2.58 bits per heavy atom. The smallest absolute Gasteiger partial charge is 0.408 e. The van der Waals surface area contributed by atoms with Gasteiger partial charge in [-0.05, 0) is 58.9 Å². The van der Waals surface area contributed by atoms with Crippen LogP contribution in [0.15, 0.2) is 28.7 Å². The van der Waals surface area contributed by atoms with Crippen LogP contribution < -0.4 is 5.32 Å². The minimum absolute atomic E-state index is 0.0264. The quantitative estimate of drug-likeness (QED) is 0.486. The van der Waals surface area contributed by atoms with E-state index in [1.165, 1.54) is 0 Å². The zero-order chi connectivity index (χ0) is 26.5. The zero-order valence-electron chi connectivity index (χ0n) is 22.4. The topological polar surface area (TPSA) is 98.1 Å². The lowest BCUT2D eigenvalue weighted by atomic mass is 9.97. The molecule has 198 valence electrons. The van der Waals surface area contributed by atoms with E-state index in [9.17, 15) is 14.4 Å². The predicted molar refractivity (Wildman–Crippen MR) is 138 cm³/mol. The Morgan fingerprint density at radius 2 is 1.92 bits per heavy atom. The molecule has 8 nitrogen and oxygen atoms in total. The summed E-state index contributed by atoms with van der Waals surface area (Å²) in [5, 5.41) is 3.80. The fraction of sp³-hybridized carbons (Fsp3) is 0.607. The lowest BCUT2D eigenvalue weighted by Gasteiger charge is -2.31. The van der Waals surface area contributed by atoms with Crippen LogP contribution in [-0.2, 0) is 31.9 Å². The van der Waals surface area contributed by atoms with Crippen molar-refractivity contribution < 1.29 is 28.3 Å². The molecule has 2 amide bonds. The number of ether oxygens (including phenoxy) is 2. The van der Waals surface area contributed by atoms with E-state index in [0.717, 1.165) is 35.1 Å². The van der Waals surface area contributed by atoms with E-state index < -0.39 is 17.7 Å². The van der Waals surface area contributed by atoms with Crippen molar-refractivity contribution in [2.75, 3.05) is 13.2 Å². The molecule has 0 spiro atoms. The maximum absolute atomic E-state index is 13.6. The number of fused-ring (bicyclic) bond motifs is 1. The van der Waals surface area contributed by atoms with Gasteiger partial charge in [-0.3, -0.25) is 9.59 Å². The van der Waals surface area contributed by atoms with Crippen LogP contribution in [0.25, 0.3) is 11.0 Å². The van der Waals surface area contributed by atoms with Crippen molar-refractivity contribution in [3.8, 4) is 0 Å². The van der Waals surface area contributed by atoms with Crippen molar-refractivity contribution >= 4 is 28.9 Å². The molecule has 1 N–H and O–H groups in total. The average Bonchev–Trinajstić information content (AvgIpc) is 3.39. The highest BCUT2D eigenvalue weighted by atomic mass is 16.6. The van der Waals surface area contributed by atoms with E-state index in [1.54, 1.807) is 27.7 Å². The first-order valence-corrected chi connectivity index (χ1v) is 12.9. The highest BCUT2D eigenvalue weighted by Crippen LogP contribution is 2.32. The van der Waals surface area contributed by atoms with E-state index in [-0.39, 0.29) is 30.3 Å². The molecule has 3 rings (SSSR count). The normalized spacial score (nSPS) is 16.9. The number of esters is 1. The predicted octanol–water partition coefficient (Wildman–Crippen LogP) is 5.01. The number of rotatable bonds is 9. The summed E-state index contributed by atoms with van der Waals surface area (Å²) in [7, 11) is 0. The van der Waals surface area contributed by atoms with Gasteiger partial charge in [-0.25, -0.2) is 4.79 Å². The standard InChI is InChI=1S/C28H40N2O6/c1-7-34-24(31)15-14-23-21(20-12-8-9-13-22(20)35-23)17-19-11-10-16-30(19)26(32)25(18(2)3)29-27(33)36-28(4,5)6/h8-9,12-13,18-19,25H,7,10-11,14-17H2,1-6H3,(H,29,33)/t19-,25-/m0/s1.